The van der Waals surface area contributed by atoms with E-state index in [2.05, 4.69) is 142 Å². The lowest BCUT2D eigenvalue weighted by Crippen LogP contribution is -2.30. The highest BCUT2D eigenvalue weighted by molar-refractivity contribution is 5.71. The van der Waals surface area contributed by atoms with Gasteiger partial charge in [0.1, 0.15) is 13.2 Å². The first-order valence-corrected chi connectivity index (χ1v) is 32.5. The minimum Gasteiger partial charge on any atom is -0.462 e. The molecule has 0 aromatic carbocycles. The first kappa shape index (κ1) is 73.8. The number of rotatable bonds is 58. The van der Waals surface area contributed by atoms with Gasteiger partial charge in [-0.1, -0.05) is 264 Å². The molecule has 0 aliphatic carbocycles. The zero-order valence-corrected chi connectivity index (χ0v) is 50.9. The topological polar surface area (TPSA) is 78.9 Å². The van der Waals surface area contributed by atoms with E-state index in [0.29, 0.717) is 19.3 Å². The summed E-state index contributed by atoms with van der Waals surface area (Å²) in [6.45, 7) is 6.49. The summed E-state index contributed by atoms with van der Waals surface area (Å²) in [5, 5.41) is 0. The van der Waals surface area contributed by atoms with Crippen molar-refractivity contribution in [1.82, 2.24) is 0 Å². The maximum atomic E-state index is 12.9. The van der Waals surface area contributed by atoms with Crippen LogP contribution in [0.1, 0.15) is 297 Å². The number of hydrogen-bond donors (Lipinski definition) is 0. The Kier molecular flexibility index (Phi) is 61.8. The van der Waals surface area contributed by atoms with Crippen molar-refractivity contribution in [2.24, 2.45) is 0 Å². The molecule has 0 aliphatic rings. The SMILES string of the molecule is CC/C=C\C/C=C\C/C=C\C/C=C\C/C=C\C/C=C\C/C=C\C/C=C\CCCCCCCCC(=O)OCC(COC(=O)CCCCCCC/C=C\CCCCCC)OC(=O)CCCCCCC/C=C\CCCCCCCCC. The van der Waals surface area contributed by atoms with Gasteiger partial charge < -0.3 is 14.2 Å². The van der Waals surface area contributed by atoms with Crippen molar-refractivity contribution < 1.29 is 28.6 Å². The van der Waals surface area contributed by atoms with Gasteiger partial charge in [0.15, 0.2) is 6.10 Å². The summed E-state index contributed by atoms with van der Waals surface area (Å²) in [6.07, 6.45) is 90.6. The van der Waals surface area contributed by atoms with Crippen LogP contribution in [0.15, 0.2) is 122 Å². The minimum atomic E-state index is -0.795. The van der Waals surface area contributed by atoms with Gasteiger partial charge in [0, 0.05) is 19.3 Å². The molecule has 0 N–H and O–H groups in total. The Morgan fingerprint density at radius 3 is 0.808 bits per heavy atom. The van der Waals surface area contributed by atoms with Crippen molar-refractivity contribution in [3.05, 3.63) is 122 Å². The van der Waals surface area contributed by atoms with Gasteiger partial charge in [-0.05, 0) is 135 Å². The summed E-state index contributed by atoms with van der Waals surface area (Å²) < 4.78 is 16.9. The molecule has 0 aromatic heterocycles. The van der Waals surface area contributed by atoms with Gasteiger partial charge >= 0.3 is 17.9 Å². The van der Waals surface area contributed by atoms with E-state index in [0.717, 1.165) is 141 Å². The van der Waals surface area contributed by atoms with Crippen LogP contribution in [0.3, 0.4) is 0 Å². The van der Waals surface area contributed by atoms with Crippen LogP contribution in [0.4, 0.5) is 0 Å². The van der Waals surface area contributed by atoms with Gasteiger partial charge in [0.2, 0.25) is 0 Å². The van der Waals surface area contributed by atoms with E-state index in [-0.39, 0.29) is 31.1 Å². The van der Waals surface area contributed by atoms with Crippen LogP contribution in [-0.2, 0) is 28.6 Å². The maximum absolute atomic E-state index is 12.9. The number of carbonyl (C=O) groups is 3. The van der Waals surface area contributed by atoms with Gasteiger partial charge in [0.05, 0.1) is 0 Å². The highest BCUT2D eigenvalue weighted by Crippen LogP contribution is 2.15. The highest BCUT2D eigenvalue weighted by atomic mass is 16.6. The fourth-order valence-corrected chi connectivity index (χ4v) is 8.80. The lowest BCUT2D eigenvalue weighted by Gasteiger charge is -2.18. The number of allylic oxidation sites excluding steroid dienone is 20. The lowest BCUT2D eigenvalue weighted by atomic mass is 10.1. The molecule has 1 atom stereocenters. The van der Waals surface area contributed by atoms with Gasteiger partial charge in [-0.25, -0.2) is 0 Å². The quantitative estimate of drug-likeness (QED) is 0.0261. The van der Waals surface area contributed by atoms with Crippen LogP contribution in [0.2, 0.25) is 0 Å². The summed E-state index contributed by atoms with van der Waals surface area (Å²) in [5.41, 5.74) is 0. The van der Waals surface area contributed by atoms with Crippen molar-refractivity contribution in [1.29, 1.82) is 0 Å². The molecule has 0 aromatic rings. The Bertz CT molecular complexity index is 1620. The molecule has 0 saturated carbocycles. The molecular weight excluding hydrogens is 961 g/mol. The van der Waals surface area contributed by atoms with Crippen molar-refractivity contribution in [3.63, 3.8) is 0 Å². The molecule has 0 heterocycles. The summed E-state index contributed by atoms with van der Waals surface area (Å²) in [5.74, 6) is -0.918. The average Bonchev–Trinajstić information content (AvgIpc) is 3.44. The molecule has 444 valence electrons. The third-order valence-corrected chi connectivity index (χ3v) is 13.7. The first-order chi connectivity index (χ1) is 38.5. The van der Waals surface area contributed by atoms with E-state index in [1.165, 1.54) is 116 Å². The van der Waals surface area contributed by atoms with E-state index in [4.69, 9.17) is 14.2 Å². The summed E-state index contributed by atoms with van der Waals surface area (Å²) in [7, 11) is 0. The number of unbranched alkanes of at least 4 members (excludes halogenated alkanes) is 27. The number of esters is 3. The van der Waals surface area contributed by atoms with Crippen molar-refractivity contribution >= 4 is 17.9 Å². The van der Waals surface area contributed by atoms with Crippen molar-refractivity contribution in [2.45, 2.75) is 303 Å². The second-order valence-corrected chi connectivity index (χ2v) is 21.3. The molecule has 0 amide bonds. The minimum absolute atomic E-state index is 0.0912. The maximum Gasteiger partial charge on any atom is 0.306 e. The van der Waals surface area contributed by atoms with Crippen molar-refractivity contribution in [3.8, 4) is 0 Å². The van der Waals surface area contributed by atoms with Crippen LogP contribution in [0, 0.1) is 0 Å². The molecule has 0 rings (SSSR count). The van der Waals surface area contributed by atoms with Crippen molar-refractivity contribution in [2.75, 3.05) is 13.2 Å². The first-order valence-electron chi connectivity index (χ1n) is 32.5. The number of ether oxygens (including phenoxy) is 3. The molecule has 0 radical (unpaired) electrons. The van der Waals surface area contributed by atoms with Gasteiger partial charge in [-0.15, -0.1) is 0 Å². The molecule has 78 heavy (non-hydrogen) atoms. The van der Waals surface area contributed by atoms with Gasteiger partial charge in [0.25, 0.3) is 0 Å². The number of hydrogen-bond acceptors (Lipinski definition) is 6. The molecule has 0 aliphatic heterocycles. The Morgan fingerprint density at radius 2 is 0.500 bits per heavy atom. The predicted octanol–water partition coefficient (Wildman–Crippen LogP) is 22.4. The molecular formula is C72H120O6. The van der Waals surface area contributed by atoms with E-state index in [1.807, 2.05) is 0 Å². The van der Waals surface area contributed by atoms with Gasteiger partial charge in [-0.2, -0.15) is 0 Å². The number of carbonyl (C=O) groups excluding carboxylic acids is 3. The van der Waals surface area contributed by atoms with Crippen LogP contribution in [0.25, 0.3) is 0 Å². The zero-order chi connectivity index (χ0) is 56.4. The summed E-state index contributed by atoms with van der Waals surface area (Å²) in [4.78, 5) is 38.3. The highest BCUT2D eigenvalue weighted by Gasteiger charge is 2.19. The Morgan fingerprint density at radius 1 is 0.269 bits per heavy atom. The monoisotopic (exact) mass is 1080 g/mol. The fourth-order valence-electron chi connectivity index (χ4n) is 8.80. The van der Waals surface area contributed by atoms with E-state index < -0.39 is 6.10 Å². The Balaban J connectivity index is 4.33. The third kappa shape index (κ3) is 62.7. The Hall–Kier alpha value is -4.19. The molecule has 0 bridgehead atoms. The summed E-state index contributed by atoms with van der Waals surface area (Å²) >= 11 is 0. The normalized spacial score (nSPS) is 12.9. The third-order valence-electron chi connectivity index (χ3n) is 13.7. The van der Waals surface area contributed by atoms with E-state index in [1.54, 1.807) is 0 Å². The van der Waals surface area contributed by atoms with E-state index in [9.17, 15) is 14.4 Å². The van der Waals surface area contributed by atoms with Crippen LogP contribution in [-0.4, -0.2) is 37.2 Å². The van der Waals surface area contributed by atoms with Crippen LogP contribution in [0.5, 0.6) is 0 Å². The molecule has 0 fully saturated rings. The Labute approximate surface area is 482 Å². The van der Waals surface area contributed by atoms with Crippen LogP contribution < -0.4 is 0 Å². The largest absolute Gasteiger partial charge is 0.462 e. The molecule has 6 nitrogen and oxygen atoms in total. The lowest BCUT2D eigenvalue weighted by molar-refractivity contribution is -0.167. The second kappa shape index (κ2) is 65.3. The van der Waals surface area contributed by atoms with Crippen LogP contribution >= 0.6 is 0 Å². The molecule has 0 saturated heterocycles. The average molecular weight is 1080 g/mol. The zero-order valence-electron chi connectivity index (χ0n) is 50.9. The molecule has 1 unspecified atom stereocenters. The summed E-state index contributed by atoms with van der Waals surface area (Å²) in [6, 6.07) is 0. The smallest absolute Gasteiger partial charge is 0.306 e. The van der Waals surface area contributed by atoms with E-state index >= 15 is 0 Å². The molecule has 6 heteroatoms. The standard InChI is InChI=1S/C72H120O6/c1-4-7-10-13-16-19-22-25-27-29-30-31-32-33-34-35-36-37-38-39-40-41-42-43-45-47-50-53-56-59-62-65-71(74)77-68-69(67-76-70(73)64-61-58-55-52-49-46-24-21-18-15-12-9-6-3)78-72(75)66-63-60-57-54-51-48-44-28-26-23-20-17-14-11-8-5-2/h7,10,16,19,21,24-25,27-28,30-31,33-34,36-37,39-40,42-44,69H,4-6,8-9,11-15,17-18,20,22-23,26,29,32,35,38,41,45-68H2,1-3H3/b10-7-,19-16-,24-21-,27-25-,31-30-,34-33-,37-36-,40-39-,43-42-,44-28-. The second-order valence-electron chi connectivity index (χ2n) is 21.3. The molecule has 0 spiro atoms. The van der Waals surface area contributed by atoms with Gasteiger partial charge in [-0.3, -0.25) is 14.4 Å². The predicted molar refractivity (Wildman–Crippen MR) is 339 cm³/mol. The fraction of sp³-hybridized carbons (Fsp3) is 0.681.